The zero-order valence-electron chi connectivity index (χ0n) is 11.5. The van der Waals surface area contributed by atoms with E-state index in [1.165, 1.54) is 18.2 Å². The van der Waals surface area contributed by atoms with Gasteiger partial charge in [0, 0.05) is 10.0 Å². The molecule has 2 aromatic rings. The van der Waals surface area contributed by atoms with E-state index < -0.39 is 12.0 Å². The summed E-state index contributed by atoms with van der Waals surface area (Å²) in [6, 6.07) is 4.49. The molecule has 0 fully saturated rings. The highest BCUT2D eigenvalue weighted by Crippen LogP contribution is 2.26. The molecular formula is C14H14Cl2N2O3. The predicted octanol–water partition coefficient (Wildman–Crippen LogP) is 3.52. The molecule has 0 aliphatic rings. The number of rotatable bonds is 4. The van der Waals surface area contributed by atoms with Gasteiger partial charge in [-0.25, -0.2) is 0 Å². The number of aliphatic hydroxyl groups is 1. The van der Waals surface area contributed by atoms with Gasteiger partial charge in [0.1, 0.15) is 11.4 Å². The standard InChI is InChI=1S/C14H14Cl2N2O3/c1-3-11-12(7(2)21-18-11)17-14(20)13(19)8-4-9(15)6-10(16)5-8/h4-6,13,19H,3H2,1-2H3,(H,17,20). The van der Waals surface area contributed by atoms with Crippen molar-refractivity contribution in [3.8, 4) is 0 Å². The second-order valence-corrected chi connectivity index (χ2v) is 5.38. The lowest BCUT2D eigenvalue weighted by Gasteiger charge is -2.12. The van der Waals surface area contributed by atoms with Gasteiger partial charge in [0.05, 0.1) is 0 Å². The van der Waals surface area contributed by atoms with Gasteiger partial charge in [-0.3, -0.25) is 4.79 Å². The molecule has 1 unspecified atom stereocenters. The summed E-state index contributed by atoms with van der Waals surface area (Å²) in [6.07, 6.45) is -0.785. The van der Waals surface area contributed by atoms with Gasteiger partial charge in [0.2, 0.25) is 0 Å². The lowest BCUT2D eigenvalue weighted by molar-refractivity contribution is -0.124. The van der Waals surface area contributed by atoms with Crippen LogP contribution in [0.15, 0.2) is 22.7 Å². The van der Waals surface area contributed by atoms with Crippen molar-refractivity contribution in [2.45, 2.75) is 26.4 Å². The van der Waals surface area contributed by atoms with Crippen molar-refractivity contribution < 1.29 is 14.4 Å². The van der Waals surface area contributed by atoms with Gasteiger partial charge in [0.25, 0.3) is 5.91 Å². The second-order valence-electron chi connectivity index (χ2n) is 4.51. The van der Waals surface area contributed by atoms with Crippen molar-refractivity contribution in [2.75, 3.05) is 5.32 Å². The minimum atomic E-state index is -1.39. The molecule has 0 bridgehead atoms. The maximum absolute atomic E-state index is 12.1. The molecule has 0 aliphatic heterocycles. The van der Waals surface area contributed by atoms with Crippen molar-refractivity contribution in [3.05, 3.63) is 45.3 Å². The Morgan fingerprint density at radius 2 is 2.00 bits per heavy atom. The number of nitrogens with zero attached hydrogens (tertiary/aromatic N) is 1. The van der Waals surface area contributed by atoms with Crippen LogP contribution in [0.2, 0.25) is 10.0 Å². The molecule has 21 heavy (non-hydrogen) atoms. The second kappa shape index (κ2) is 6.47. The van der Waals surface area contributed by atoms with Gasteiger partial charge in [-0.05, 0) is 37.1 Å². The number of carbonyl (C=O) groups excluding carboxylic acids is 1. The number of carbonyl (C=O) groups is 1. The van der Waals surface area contributed by atoms with Crippen molar-refractivity contribution in [1.29, 1.82) is 0 Å². The third kappa shape index (κ3) is 3.56. The van der Waals surface area contributed by atoms with Crippen molar-refractivity contribution in [3.63, 3.8) is 0 Å². The molecule has 2 N–H and O–H groups in total. The molecule has 5 nitrogen and oxygen atoms in total. The molecule has 1 aromatic carbocycles. The molecule has 1 amide bonds. The van der Waals surface area contributed by atoms with Crippen LogP contribution in [0.4, 0.5) is 5.69 Å². The Morgan fingerprint density at radius 3 is 2.57 bits per heavy atom. The fourth-order valence-electron chi connectivity index (χ4n) is 1.90. The van der Waals surface area contributed by atoms with Crippen LogP contribution in [0.25, 0.3) is 0 Å². The number of anilines is 1. The average Bonchev–Trinajstić information content (AvgIpc) is 2.77. The molecular weight excluding hydrogens is 315 g/mol. The lowest BCUT2D eigenvalue weighted by atomic mass is 10.1. The Kier molecular flexibility index (Phi) is 4.88. The summed E-state index contributed by atoms with van der Waals surface area (Å²) in [4.78, 5) is 12.1. The van der Waals surface area contributed by atoms with Crippen molar-refractivity contribution in [1.82, 2.24) is 5.16 Å². The number of hydrogen-bond acceptors (Lipinski definition) is 4. The molecule has 7 heteroatoms. The van der Waals surface area contributed by atoms with E-state index >= 15 is 0 Å². The summed E-state index contributed by atoms with van der Waals surface area (Å²) in [5.41, 5.74) is 1.42. The van der Waals surface area contributed by atoms with E-state index in [0.29, 0.717) is 39.2 Å². The zero-order chi connectivity index (χ0) is 15.6. The summed E-state index contributed by atoms with van der Waals surface area (Å²) in [7, 11) is 0. The van der Waals surface area contributed by atoms with Crippen LogP contribution in [0.3, 0.4) is 0 Å². The molecule has 1 atom stereocenters. The Morgan fingerprint density at radius 1 is 1.38 bits per heavy atom. The lowest BCUT2D eigenvalue weighted by Crippen LogP contribution is -2.21. The normalized spacial score (nSPS) is 12.2. The predicted molar refractivity (Wildman–Crippen MR) is 80.7 cm³/mol. The van der Waals surface area contributed by atoms with E-state index in [-0.39, 0.29) is 0 Å². The number of halogens is 2. The Bertz CT molecular complexity index is 650. The number of aromatic nitrogens is 1. The maximum Gasteiger partial charge on any atom is 0.257 e. The van der Waals surface area contributed by atoms with Gasteiger partial charge < -0.3 is 14.9 Å². The fraction of sp³-hybridized carbons (Fsp3) is 0.286. The number of benzene rings is 1. The van der Waals surface area contributed by atoms with Gasteiger partial charge in [-0.1, -0.05) is 35.3 Å². The number of amides is 1. The minimum Gasteiger partial charge on any atom is -0.378 e. The summed E-state index contributed by atoms with van der Waals surface area (Å²) in [5, 5.41) is 17.3. The topological polar surface area (TPSA) is 75.4 Å². The Labute approximate surface area is 131 Å². The third-order valence-corrected chi connectivity index (χ3v) is 3.40. The van der Waals surface area contributed by atoms with Gasteiger partial charge >= 0.3 is 0 Å². The maximum atomic E-state index is 12.1. The molecule has 1 heterocycles. The van der Waals surface area contributed by atoms with Crippen LogP contribution in [0.5, 0.6) is 0 Å². The largest absolute Gasteiger partial charge is 0.378 e. The van der Waals surface area contributed by atoms with Gasteiger partial charge in [0.15, 0.2) is 11.9 Å². The van der Waals surface area contributed by atoms with Gasteiger partial charge in [-0.15, -0.1) is 0 Å². The van der Waals surface area contributed by atoms with Crippen LogP contribution >= 0.6 is 23.2 Å². The summed E-state index contributed by atoms with van der Waals surface area (Å²) in [6.45, 7) is 3.57. The summed E-state index contributed by atoms with van der Waals surface area (Å²) < 4.78 is 5.02. The Hall–Kier alpha value is -1.56. The van der Waals surface area contributed by atoms with E-state index in [1.54, 1.807) is 6.92 Å². The monoisotopic (exact) mass is 328 g/mol. The highest BCUT2D eigenvalue weighted by Gasteiger charge is 2.22. The molecule has 0 aliphatic carbocycles. The van der Waals surface area contributed by atoms with Crippen molar-refractivity contribution in [2.24, 2.45) is 0 Å². The fourth-order valence-corrected chi connectivity index (χ4v) is 2.44. The molecule has 0 saturated heterocycles. The van der Waals surface area contributed by atoms with Crippen LogP contribution in [0.1, 0.15) is 30.0 Å². The summed E-state index contributed by atoms with van der Waals surface area (Å²) >= 11 is 11.7. The SMILES string of the molecule is CCc1noc(C)c1NC(=O)C(O)c1cc(Cl)cc(Cl)c1. The quantitative estimate of drug-likeness (QED) is 0.900. The molecule has 1 aromatic heterocycles. The molecule has 0 radical (unpaired) electrons. The molecule has 112 valence electrons. The summed E-state index contributed by atoms with van der Waals surface area (Å²) in [5.74, 6) is -0.120. The molecule has 0 spiro atoms. The first kappa shape index (κ1) is 15.8. The van der Waals surface area contributed by atoms with E-state index in [0.717, 1.165) is 0 Å². The number of aliphatic hydroxyl groups excluding tert-OH is 1. The van der Waals surface area contributed by atoms with Gasteiger partial charge in [-0.2, -0.15) is 0 Å². The molecule has 2 rings (SSSR count). The first-order chi connectivity index (χ1) is 9.92. The highest BCUT2D eigenvalue weighted by atomic mass is 35.5. The van der Waals surface area contributed by atoms with Crippen LogP contribution in [-0.4, -0.2) is 16.2 Å². The number of aryl methyl sites for hydroxylation is 2. The van der Waals surface area contributed by atoms with Crippen molar-refractivity contribution >= 4 is 34.8 Å². The zero-order valence-corrected chi connectivity index (χ0v) is 13.0. The third-order valence-electron chi connectivity index (χ3n) is 2.97. The first-order valence-corrected chi connectivity index (χ1v) is 7.08. The smallest absolute Gasteiger partial charge is 0.257 e. The average molecular weight is 329 g/mol. The van der Waals surface area contributed by atoms with E-state index in [4.69, 9.17) is 27.7 Å². The number of nitrogens with one attached hydrogen (secondary N) is 1. The van der Waals surface area contributed by atoms with E-state index in [9.17, 15) is 9.90 Å². The Balaban J connectivity index is 2.21. The van der Waals surface area contributed by atoms with Crippen LogP contribution < -0.4 is 5.32 Å². The first-order valence-electron chi connectivity index (χ1n) is 6.32. The van der Waals surface area contributed by atoms with Crippen LogP contribution in [-0.2, 0) is 11.2 Å². The minimum absolute atomic E-state index is 0.317. The van der Waals surface area contributed by atoms with E-state index in [1.807, 2.05) is 6.92 Å². The highest BCUT2D eigenvalue weighted by molar-refractivity contribution is 6.34. The van der Waals surface area contributed by atoms with Crippen LogP contribution in [0, 0.1) is 6.92 Å². The molecule has 0 saturated carbocycles. The van der Waals surface area contributed by atoms with E-state index in [2.05, 4.69) is 10.5 Å². The number of hydrogen-bond donors (Lipinski definition) is 2.